The lowest BCUT2D eigenvalue weighted by atomic mass is 9.78. The first kappa shape index (κ1) is 15.5. The Morgan fingerprint density at radius 1 is 1.30 bits per heavy atom. The normalized spacial score (nSPS) is 28.4. The zero-order valence-electron chi connectivity index (χ0n) is 13.6. The Labute approximate surface area is 141 Å². The number of ether oxygens (including phenoxy) is 1. The number of benzene rings is 1. The second-order valence-corrected chi connectivity index (χ2v) is 8.20. The Bertz CT molecular complexity index is 689. The van der Waals surface area contributed by atoms with Crippen LogP contribution in [0.2, 0.25) is 0 Å². The number of nitrogens with zero attached hydrogens (tertiary/aromatic N) is 2. The van der Waals surface area contributed by atoms with Crippen molar-refractivity contribution in [2.45, 2.75) is 50.4 Å². The van der Waals surface area contributed by atoms with Crippen LogP contribution in [0.4, 0.5) is 0 Å². The highest BCUT2D eigenvalue weighted by atomic mass is 32.1. The van der Waals surface area contributed by atoms with Gasteiger partial charge in [-0.3, -0.25) is 4.90 Å². The molecule has 2 saturated heterocycles. The fourth-order valence-electron chi connectivity index (χ4n) is 4.07. The van der Waals surface area contributed by atoms with E-state index in [1.165, 1.54) is 10.3 Å². The molecule has 5 heteroatoms. The van der Waals surface area contributed by atoms with Crippen LogP contribution < -0.4 is 0 Å². The lowest BCUT2D eigenvalue weighted by Gasteiger charge is -2.48. The summed E-state index contributed by atoms with van der Waals surface area (Å²) in [6.45, 7) is 5.68. The molecule has 23 heavy (non-hydrogen) atoms. The van der Waals surface area contributed by atoms with E-state index in [-0.39, 0.29) is 5.60 Å². The van der Waals surface area contributed by atoms with Gasteiger partial charge in [0.2, 0.25) is 0 Å². The highest BCUT2D eigenvalue weighted by Crippen LogP contribution is 2.39. The molecule has 0 aliphatic carbocycles. The minimum Gasteiger partial charge on any atom is -0.390 e. The van der Waals surface area contributed by atoms with Crippen LogP contribution in [0.25, 0.3) is 10.2 Å². The largest absolute Gasteiger partial charge is 0.390 e. The maximum absolute atomic E-state index is 10.4. The van der Waals surface area contributed by atoms with E-state index in [2.05, 4.69) is 28.1 Å². The molecule has 1 aromatic carbocycles. The zero-order valence-corrected chi connectivity index (χ0v) is 14.4. The molecule has 2 fully saturated rings. The summed E-state index contributed by atoms with van der Waals surface area (Å²) in [4.78, 5) is 6.92. The van der Waals surface area contributed by atoms with Gasteiger partial charge in [0.15, 0.2) is 0 Å². The van der Waals surface area contributed by atoms with E-state index >= 15 is 0 Å². The van der Waals surface area contributed by atoms with Gasteiger partial charge in [-0.2, -0.15) is 0 Å². The minimum atomic E-state index is -0.561. The molecular formula is C18H24N2O2S. The molecule has 0 bridgehead atoms. The first-order chi connectivity index (χ1) is 11.1. The summed E-state index contributed by atoms with van der Waals surface area (Å²) in [7, 11) is 0. The second kappa shape index (κ2) is 5.81. The molecule has 2 aliphatic heterocycles. The van der Waals surface area contributed by atoms with E-state index in [9.17, 15) is 5.11 Å². The van der Waals surface area contributed by atoms with Crippen LogP contribution in [0.5, 0.6) is 0 Å². The third-order valence-electron chi connectivity index (χ3n) is 5.35. The van der Waals surface area contributed by atoms with Crippen molar-refractivity contribution in [3.8, 4) is 0 Å². The third kappa shape index (κ3) is 3.15. The number of rotatable bonds is 2. The fraction of sp³-hybridized carbons (Fsp3) is 0.611. The Morgan fingerprint density at radius 2 is 2.13 bits per heavy atom. The van der Waals surface area contributed by atoms with Crippen molar-refractivity contribution in [3.63, 3.8) is 0 Å². The van der Waals surface area contributed by atoms with E-state index in [0.717, 1.165) is 50.8 Å². The van der Waals surface area contributed by atoms with E-state index in [0.29, 0.717) is 6.61 Å². The van der Waals surface area contributed by atoms with Crippen molar-refractivity contribution >= 4 is 21.6 Å². The molecule has 124 valence electrons. The molecule has 1 aromatic heterocycles. The number of piperidine rings is 1. The topological polar surface area (TPSA) is 45.6 Å². The Morgan fingerprint density at radius 3 is 2.91 bits per heavy atom. The quantitative estimate of drug-likeness (QED) is 0.917. The number of likely N-dealkylation sites (tertiary alicyclic amines) is 1. The van der Waals surface area contributed by atoms with E-state index < -0.39 is 5.60 Å². The molecule has 1 spiro atoms. The van der Waals surface area contributed by atoms with Gasteiger partial charge >= 0.3 is 0 Å². The molecule has 1 N–H and O–H groups in total. The van der Waals surface area contributed by atoms with Crippen LogP contribution in [-0.2, 0) is 11.3 Å². The average molecular weight is 332 g/mol. The summed E-state index contributed by atoms with van der Waals surface area (Å²) in [6.07, 6.45) is 3.56. The van der Waals surface area contributed by atoms with Crippen LogP contribution in [0.1, 0.15) is 38.2 Å². The summed E-state index contributed by atoms with van der Waals surface area (Å²) < 4.78 is 7.41. The highest BCUT2D eigenvalue weighted by molar-refractivity contribution is 7.16. The monoisotopic (exact) mass is 332 g/mol. The Balaban J connectivity index is 1.43. The maximum atomic E-state index is 10.4. The van der Waals surface area contributed by atoms with Gasteiger partial charge < -0.3 is 9.84 Å². The minimum absolute atomic E-state index is 0.102. The van der Waals surface area contributed by atoms with Gasteiger partial charge in [0.1, 0.15) is 0 Å². The van der Waals surface area contributed by atoms with Crippen molar-refractivity contribution in [1.82, 2.24) is 9.88 Å². The number of aromatic nitrogens is 1. The molecule has 0 saturated carbocycles. The molecule has 4 nitrogen and oxygen atoms in total. The van der Waals surface area contributed by atoms with Crippen LogP contribution >= 0.6 is 11.3 Å². The number of thiazole rings is 1. The number of aliphatic hydroxyl groups is 1. The molecule has 1 atom stereocenters. The lowest BCUT2D eigenvalue weighted by molar-refractivity contribution is -0.173. The van der Waals surface area contributed by atoms with Crippen molar-refractivity contribution in [1.29, 1.82) is 0 Å². The van der Waals surface area contributed by atoms with Gasteiger partial charge in [-0.15, -0.1) is 11.3 Å². The Kier molecular flexibility index (Phi) is 3.92. The van der Waals surface area contributed by atoms with Gasteiger partial charge in [-0.25, -0.2) is 4.98 Å². The standard InChI is InChI=1S/C18H24N2O2S/c1-17(21)7-10-22-18(12-17)5-8-20(9-6-18)11-14-3-2-4-15-16(14)23-13-19-15/h2-4,13,21H,5-12H2,1H3. The van der Waals surface area contributed by atoms with Gasteiger partial charge in [0.25, 0.3) is 0 Å². The van der Waals surface area contributed by atoms with Crippen LogP contribution in [-0.4, -0.2) is 45.9 Å². The van der Waals surface area contributed by atoms with E-state index in [1.54, 1.807) is 11.3 Å². The summed E-state index contributed by atoms with van der Waals surface area (Å²) in [6, 6.07) is 6.40. The summed E-state index contributed by atoms with van der Waals surface area (Å²) in [5.74, 6) is 0. The number of fused-ring (bicyclic) bond motifs is 1. The molecule has 4 rings (SSSR count). The first-order valence-corrected chi connectivity index (χ1v) is 9.33. The van der Waals surface area contributed by atoms with Crippen LogP contribution in [0.3, 0.4) is 0 Å². The number of hydrogen-bond donors (Lipinski definition) is 1. The van der Waals surface area contributed by atoms with Crippen molar-refractivity contribution in [2.24, 2.45) is 0 Å². The maximum Gasteiger partial charge on any atom is 0.0815 e. The molecular weight excluding hydrogens is 308 g/mol. The van der Waals surface area contributed by atoms with Gasteiger partial charge in [-0.1, -0.05) is 12.1 Å². The van der Waals surface area contributed by atoms with E-state index in [1.807, 2.05) is 12.4 Å². The summed E-state index contributed by atoms with van der Waals surface area (Å²) >= 11 is 1.73. The molecule has 3 heterocycles. The van der Waals surface area contributed by atoms with Gasteiger partial charge in [0, 0.05) is 26.1 Å². The van der Waals surface area contributed by atoms with Crippen molar-refractivity contribution in [3.05, 3.63) is 29.3 Å². The van der Waals surface area contributed by atoms with Gasteiger partial charge in [-0.05, 0) is 37.8 Å². The zero-order chi connectivity index (χ0) is 15.9. The Hall–Kier alpha value is -1.01. The molecule has 0 radical (unpaired) electrons. The highest BCUT2D eigenvalue weighted by Gasteiger charge is 2.44. The second-order valence-electron chi connectivity index (χ2n) is 7.35. The molecule has 1 unspecified atom stereocenters. The van der Waals surface area contributed by atoms with Crippen LogP contribution in [0, 0.1) is 0 Å². The lowest BCUT2D eigenvalue weighted by Crippen LogP contribution is -2.53. The fourth-order valence-corrected chi connectivity index (χ4v) is 4.87. The average Bonchev–Trinajstić information content (AvgIpc) is 2.98. The van der Waals surface area contributed by atoms with Crippen molar-refractivity contribution in [2.75, 3.05) is 19.7 Å². The molecule has 0 amide bonds. The predicted octanol–water partition coefficient (Wildman–Crippen LogP) is 3.19. The molecule has 2 aliphatic rings. The predicted molar refractivity (Wildman–Crippen MR) is 92.7 cm³/mol. The SMILES string of the molecule is CC1(O)CCOC2(CCN(Cc3cccc4ncsc34)CC2)C1. The van der Waals surface area contributed by atoms with Gasteiger partial charge in [0.05, 0.1) is 33.5 Å². The van der Waals surface area contributed by atoms with Crippen LogP contribution in [0.15, 0.2) is 23.7 Å². The molecule has 2 aromatic rings. The van der Waals surface area contributed by atoms with Crippen molar-refractivity contribution < 1.29 is 9.84 Å². The third-order valence-corrected chi connectivity index (χ3v) is 6.27. The smallest absolute Gasteiger partial charge is 0.0815 e. The summed E-state index contributed by atoms with van der Waals surface area (Å²) in [5, 5.41) is 10.4. The van der Waals surface area contributed by atoms with E-state index in [4.69, 9.17) is 4.74 Å². The number of hydrogen-bond acceptors (Lipinski definition) is 5. The summed E-state index contributed by atoms with van der Waals surface area (Å²) in [5.41, 5.74) is 3.74. The first-order valence-electron chi connectivity index (χ1n) is 8.45.